The minimum absolute atomic E-state index is 0.483. The molecule has 1 saturated carbocycles. The van der Waals surface area contributed by atoms with Crippen molar-refractivity contribution in [2.75, 3.05) is 0 Å². The van der Waals surface area contributed by atoms with Gasteiger partial charge in [0.25, 0.3) is 0 Å². The molecule has 1 aliphatic rings. The quantitative estimate of drug-likeness (QED) is 0.593. The summed E-state index contributed by atoms with van der Waals surface area (Å²) in [6, 6.07) is 4.21. The van der Waals surface area contributed by atoms with E-state index in [2.05, 4.69) is 20.8 Å². The summed E-state index contributed by atoms with van der Waals surface area (Å²) >= 11 is 0. The third kappa shape index (κ3) is 2.39. The van der Waals surface area contributed by atoms with Gasteiger partial charge in [-0.25, -0.2) is 4.39 Å². The smallest absolute Gasteiger partial charge is 0.100 e. The van der Waals surface area contributed by atoms with Crippen LogP contribution in [0.1, 0.15) is 46.5 Å². The van der Waals surface area contributed by atoms with E-state index in [1.165, 1.54) is 31.0 Å². The van der Waals surface area contributed by atoms with Gasteiger partial charge in [-0.3, -0.25) is 0 Å². The number of rotatable bonds is 4. The SMILES string of the molecule is CC[Si](CC)(CC)C1CCC(F)CC1. The maximum Gasteiger partial charge on any atom is 0.100 e. The lowest BCUT2D eigenvalue weighted by Gasteiger charge is -2.40. The fourth-order valence-electron chi connectivity index (χ4n) is 3.28. The van der Waals surface area contributed by atoms with Crippen molar-refractivity contribution in [3.05, 3.63) is 0 Å². The summed E-state index contributed by atoms with van der Waals surface area (Å²) in [7, 11) is -1.01. The molecule has 0 spiro atoms. The fraction of sp³-hybridized carbons (Fsp3) is 1.00. The molecule has 0 nitrogen and oxygen atoms in total. The summed E-state index contributed by atoms with van der Waals surface area (Å²) in [5.41, 5.74) is 0.925. The molecular weight excluding hydrogens is 191 g/mol. The molecule has 0 aromatic rings. The first kappa shape index (κ1) is 12.2. The van der Waals surface area contributed by atoms with Gasteiger partial charge in [-0.2, -0.15) is 0 Å². The maximum absolute atomic E-state index is 13.1. The first-order valence-corrected chi connectivity index (χ1v) is 9.02. The fourth-order valence-corrected chi connectivity index (χ4v) is 8.07. The third-order valence-electron chi connectivity index (χ3n) is 4.64. The Hall–Kier alpha value is 0.147. The maximum atomic E-state index is 13.1. The summed E-state index contributed by atoms with van der Waals surface area (Å²) < 4.78 is 13.1. The summed E-state index contributed by atoms with van der Waals surface area (Å²) in [5, 5.41) is 0. The van der Waals surface area contributed by atoms with Gasteiger partial charge in [-0.15, -0.1) is 0 Å². The average molecular weight is 216 g/mol. The van der Waals surface area contributed by atoms with Gasteiger partial charge >= 0.3 is 0 Å². The Balaban J connectivity index is 2.60. The van der Waals surface area contributed by atoms with Crippen LogP contribution in [0.3, 0.4) is 0 Å². The number of alkyl halides is 1. The molecular formula is C12H25FSi. The first-order valence-electron chi connectivity index (χ1n) is 6.32. The van der Waals surface area contributed by atoms with E-state index in [4.69, 9.17) is 0 Å². The van der Waals surface area contributed by atoms with Crippen molar-refractivity contribution in [3.63, 3.8) is 0 Å². The molecule has 0 heterocycles. The number of hydrogen-bond acceptors (Lipinski definition) is 0. The molecule has 0 aromatic heterocycles. The van der Waals surface area contributed by atoms with Crippen molar-refractivity contribution >= 4 is 8.07 Å². The first-order chi connectivity index (χ1) is 6.68. The molecule has 0 saturated heterocycles. The van der Waals surface area contributed by atoms with E-state index in [1.54, 1.807) is 0 Å². The second-order valence-electron chi connectivity index (χ2n) is 4.87. The molecule has 0 N–H and O–H groups in total. The molecule has 1 fully saturated rings. The molecule has 1 aliphatic carbocycles. The number of halogens is 1. The molecule has 14 heavy (non-hydrogen) atoms. The van der Waals surface area contributed by atoms with Crippen LogP contribution in [0.2, 0.25) is 23.7 Å². The van der Waals surface area contributed by atoms with Crippen LogP contribution in [0.15, 0.2) is 0 Å². The van der Waals surface area contributed by atoms with Crippen LogP contribution in [-0.4, -0.2) is 14.2 Å². The molecule has 0 bridgehead atoms. The predicted molar refractivity (Wildman–Crippen MR) is 64.3 cm³/mol. The zero-order chi connectivity index (χ0) is 10.6. The Bertz CT molecular complexity index is 149. The molecule has 0 radical (unpaired) electrons. The lowest BCUT2D eigenvalue weighted by atomic mass is 9.98. The minimum Gasteiger partial charge on any atom is -0.247 e. The Morgan fingerprint density at radius 2 is 1.36 bits per heavy atom. The summed E-state index contributed by atoms with van der Waals surface area (Å²) in [6.07, 6.45) is 3.58. The Morgan fingerprint density at radius 1 is 0.929 bits per heavy atom. The van der Waals surface area contributed by atoms with E-state index >= 15 is 0 Å². The lowest BCUT2D eigenvalue weighted by Crippen LogP contribution is -2.39. The van der Waals surface area contributed by atoms with Crippen molar-refractivity contribution in [2.45, 2.75) is 76.3 Å². The zero-order valence-corrected chi connectivity index (χ0v) is 11.0. The molecule has 0 unspecified atom stereocenters. The van der Waals surface area contributed by atoms with Crippen LogP contribution in [0.5, 0.6) is 0 Å². The standard InChI is InChI=1S/C12H25FSi/c1-4-14(5-2,6-3)12-9-7-11(13)8-10-12/h11-12H,4-10H2,1-3H3. The van der Waals surface area contributed by atoms with E-state index in [-0.39, 0.29) is 0 Å². The van der Waals surface area contributed by atoms with Crippen LogP contribution in [-0.2, 0) is 0 Å². The molecule has 0 aliphatic heterocycles. The molecule has 2 heteroatoms. The van der Waals surface area contributed by atoms with Crippen LogP contribution in [0.25, 0.3) is 0 Å². The van der Waals surface area contributed by atoms with E-state index in [9.17, 15) is 4.39 Å². The van der Waals surface area contributed by atoms with Gasteiger partial charge in [-0.05, 0) is 18.4 Å². The van der Waals surface area contributed by atoms with Crippen molar-refractivity contribution in [3.8, 4) is 0 Å². The average Bonchev–Trinajstić information content (AvgIpc) is 2.24. The molecule has 0 atom stereocenters. The van der Waals surface area contributed by atoms with Gasteiger partial charge in [0.2, 0.25) is 0 Å². The predicted octanol–water partition coefficient (Wildman–Crippen LogP) is 4.78. The second kappa shape index (κ2) is 5.29. The highest BCUT2D eigenvalue weighted by molar-refractivity contribution is 6.81. The molecule has 0 aromatic carbocycles. The van der Waals surface area contributed by atoms with Crippen molar-refractivity contribution in [1.82, 2.24) is 0 Å². The van der Waals surface area contributed by atoms with E-state index in [0.29, 0.717) is 0 Å². The summed E-state index contributed by atoms with van der Waals surface area (Å²) in [4.78, 5) is 0. The monoisotopic (exact) mass is 216 g/mol. The van der Waals surface area contributed by atoms with Gasteiger partial charge in [0.15, 0.2) is 0 Å². The summed E-state index contributed by atoms with van der Waals surface area (Å²) in [6.45, 7) is 7.09. The molecule has 84 valence electrons. The Morgan fingerprint density at radius 3 is 1.71 bits per heavy atom. The van der Waals surface area contributed by atoms with E-state index in [1.807, 2.05) is 0 Å². The summed E-state index contributed by atoms with van der Waals surface area (Å²) in [5.74, 6) is 0. The van der Waals surface area contributed by atoms with Gasteiger partial charge in [0.05, 0.1) is 8.07 Å². The minimum atomic E-state index is -1.01. The van der Waals surface area contributed by atoms with Crippen molar-refractivity contribution in [2.24, 2.45) is 0 Å². The van der Waals surface area contributed by atoms with Crippen LogP contribution >= 0.6 is 0 Å². The van der Waals surface area contributed by atoms with Gasteiger partial charge in [0, 0.05) is 0 Å². The van der Waals surface area contributed by atoms with Crippen LogP contribution < -0.4 is 0 Å². The highest BCUT2D eigenvalue weighted by atomic mass is 28.3. The van der Waals surface area contributed by atoms with Crippen LogP contribution in [0, 0.1) is 0 Å². The van der Waals surface area contributed by atoms with Gasteiger partial charge in [-0.1, -0.05) is 51.7 Å². The highest BCUT2D eigenvalue weighted by Gasteiger charge is 2.38. The zero-order valence-electron chi connectivity index (χ0n) is 9.98. The third-order valence-corrected chi connectivity index (χ3v) is 11.2. The number of hydrogen-bond donors (Lipinski definition) is 0. The van der Waals surface area contributed by atoms with E-state index < -0.39 is 14.2 Å². The highest BCUT2D eigenvalue weighted by Crippen LogP contribution is 2.43. The van der Waals surface area contributed by atoms with Crippen molar-refractivity contribution < 1.29 is 4.39 Å². The Kier molecular flexibility index (Phi) is 4.62. The normalized spacial score (nSPS) is 29.1. The van der Waals surface area contributed by atoms with Crippen LogP contribution in [0.4, 0.5) is 4.39 Å². The topological polar surface area (TPSA) is 0 Å². The van der Waals surface area contributed by atoms with Gasteiger partial charge in [0.1, 0.15) is 6.17 Å². The lowest BCUT2D eigenvalue weighted by molar-refractivity contribution is 0.248. The largest absolute Gasteiger partial charge is 0.247 e. The molecule has 0 amide bonds. The Labute approximate surface area is 89.3 Å². The van der Waals surface area contributed by atoms with Crippen molar-refractivity contribution in [1.29, 1.82) is 0 Å². The van der Waals surface area contributed by atoms with Gasteiger partial charge < -0.3 is 0 Å². The van der Waals surface area contributed by atoms with E-state index in [0.717, 1.165) is 18.4 Å². The molecule has 1 rings (SSSR count). The second-order valence-corrected chi connectivity index (χ2v) is 10.5.